The van der Waals surface area contributed by atoms with Gasteiger partial charge in [0.05, 0.1) is 11.5 Å². The number of halogens is 2. The van der Waals surface area contributed by atoms with Crippen LogP contribution in [0.4, 0.5) is 0 Å². The van der Waals surface area contributed by atoms with Crippen LogP contribution < -0.4 is 5.32 Å². The monoisotopic (exact) mass is 353 g/mol. The molecule has 1 atom stereocenters. The fourth-order valence-corrected chi connectivity index (χ4v) is 3.25. The zero-order valence-corrected chi connectivity index (χ0v) is 14.3. The molecule has 5 nitrogen and oxygen atoms in total. The van der Waals surface area contributed by atoms with Gasteiger partial charge in [0.15, 0.2) is 0 Å². The summed E-state index contributed by atoms with van der Waals surface area (Å²) in [5.74, 6) is -0.280. The van der Waals surface area contributed by atoms with Crippen molar-refractivity contribution in [1.82, 2.24) is 5.32 Å². The van der Waals surface area contributed by atoms with E-state index < -0.39 is 15.0 Å². The van der Waals surface area contributed by atoms with Gasteiger partial charge in [-0.15, -0.1) is 0 Å². The second-order valence-electron chi connectivity index (χ2n) is 4.79. The molecule has 0 aromatic heterocycles. The fraction of sp³-hybridized carbons (Fsp3) is 0.462. The minimum Gasteiger partial charge on any atom is -0.384 e. The average molecular weight is 354 g/mol. The van der Waals surface area contributed by atoms with Crippen molar-refractivity contribution in [3.8, 4) is 0 Å². The molecule has 0 heterocycles. The van der Waals surface area contributed by atoms with E-state index in [2.05, 4.69) is 5.32 Å². The lowest BCUT2D eigenvalue weighted by molar-refractivity contribution is 0.0934. The van der Waals surface area contributed by atoms with Crippen molar-refractivity contribution in [2.45, 2.75) is 18.7 Å². The highest BCUT2D eigenvalue weighted by Gasteiger charge is 2.19. The van der Waals surface area contributed by atoms with Crippen LogP contribution in [0.25, 0.3) is 0 Å². The summed E-state index contributed by atoms with van der Waals surface area (Å²) < 4.78 is 28.0. The van der Waals surface area contributed by atoms with Gasteiger partial charge in [0.1, 0.15) is 0 Å². The first-order chi connectivity index (χ1) is 9.66. The first-order valence-corrected chi connectivity index (χ1v) is 8.87. The lowest BCUT2D eigenvalue weighted by Gasteiger charge is -2.13. The average Bonchev–Trinajstić information content (AvgIpc) is 2.38. The number of hydrogen-bond donors (Lipinski definition) is 1. The van der Waals surface area contributed by atoms with Gasteiger partial charge < -0.3 is 10.1 Å². The van der Waals surface area contributed by atoms with Crippen LogP contribution in [0, 0.1) is 12.8 Å². The van der Waals surface area contributed by atoms with Gasteiger partial charge in [0, 0.05) is 34.9 Å². The topological polar surface area (TPSA) is 72.5 Å². The van der Waals surface area contributed by atoms with E-state index in [0.29, 0.717) is 18.7 Å². The number of rotatable bonds is 6. The molecule has 0 radical (unpaired) electrons. The molecule has 118 valence electrons. The maximum absolute atomic E-state index is 12.0. The molecule has 0 fully saturated rings. The molecule has 1 aromatic carbocycles. The van der Waals surface area contributed by atoms with Crippen molar-refractivity contribution < 1.29 is 17.9 Å². The number of amides is 1. The first kappa shape index (κ1) is 18.2. The van der Waals surface area contributed by atoms with E-state index in [9.17, 15) is 13.2 Å². The normalized spacial score (nSPS) is 13.0. The Morgan fingerprint density at radius 1 is 1.43 bits per heavy atom. The van der Waals surface area contributed by atoms with Gasteiger partial charge in [0.2, 0.25) is 0 Å². The van der Waals surface area contributed by atoms with Crippen LogP contribution in [0.2, 0.25) is 5.02 Å². The molecule has 0 bridgehead atoms. The Labute approximate surface area is 134 Å². The number of carbonyl (C=O) groups excluding carboxylic acids is 1. The molecular weight excluding hydrogens is 337 g/mol. The molecule has 0 saturated carbocycles. The lowest BCUT2D eigenvalue weighted by Crippen LogP contribution is -2.30. The Hall–Kier alpha value is -0.820. The fourth-order valence-electron chi connectivity index (χ4n) is 1.75. The molecule has 0 aliphatic rings. The number of benzene rings is 1. The maximum atomic E-state index is 12.0. The van der Waals surface area contributed by atoms with E-state index >= 15 is 0 Å². The summed E-state index contributed by atoms with van der Waals surface area (Å²) >= 11 is 5.96. The second-order valence-corrected chi connectivity index (χ2v) is 7.73. The van der Waals surface area contributed by atoms with Crippen molar-refractivity contribution in [2.24, 2.45) is 5.92 Å². The third kappa shape index (κ3) is 5.14. The third-order valence-electron chi connectivity index (χ3n) is 2.88. The highest BCUT2D eigenvalue weighted by molar-refractivity contribution is 8.13. The zero-order valence-electron chi connectivity index (χ0n) is 11.9. The number of methoxy groups -OCH3 is 1. The number of hydrogen-bond acceptors (Lipinski definition) is 4. The molecule has 1 aromatic rings. The Bertz CT molecular complexity index is 631. The Morgan fingerprint density at radius 3 is 2.57 bits per heavy atom. The minimum absolute atomic E-state index is 0.135. The molecule has 0 saturated heterocycles. The van der Waals surface area contributed by atoms with E-state index in [1.807, 2.05) is 6.92 Å². The summed E-state index contributed by atoms with van der Waals surface area (Å²) in [7, 11) is 2.96. The van der Waals surface area contributed by atoms with Crippen LogP contribution in [-0.2, 0) is 13.8 Å². The maximum Gasteiger partial charge on any atom is 0.261 e. The van der Waals surface area contributed by atoms with Gasteiger partial charge in [-0.1, -0.05) is 18.5 Å². The Balaban J connectivity index is 2.99. The molecule has 0 aliphatic heterocycles. The summed E-state index contributed by atoms with van der Waals surface area (Å²) in [6.07, 6.45) is 0. The van der Waals surface area contributed by atoms with Crippen LogP contribution in [0.3, 0.4) is 0 Å². The summed E-state index contributed by atoms with van der Waals surface area (Å²) in [6, 6.07) is 2.64. The second kappa shape index (κ2) is 7.45. The van der Waals surface area contributed by atoms with Gasteiger partial charge in [-0.05, 0) is 30.5 Å². The van der Waals surface area contributed by atoms with E-state index in [4.69, 9.17) is 27.0 Å². The first-order valence-electron chi connectivity index (χ1n) is 6.18. The van der Waals surface area contributed by atoms with Crippen LogP contribution in [-0.4, -0.2) is 34.6 Å². The van der Waals surface area contributed by atoms with Crippen LogP contribution >= 0.6 is 22.3 Å². The smallest absolute Gasteiger partial charge is 0.261 e. The van der Waals surface area contributed by atoms with Gasteiger partial charge in [-0.25, -0.2) is 8.42 Å². The number of carbonyl (C=O) groups is 1. The van der Waals surface area contributed by atoms with Crippen molar-refractivity contribution in [1.29, 1.82) is 0 Å². The Kier molecular flexibility index (Phi) is 6.46. The van der Waals surface area contributed by atoms with Crippen molar-refractivity contribution in [2.75, 3.05) is 20.3 Å². The molecule has 1 amide bonds. The minimum atomic E-state index is -3.96. The standard InChI is InChI=1S/C13H17Cl2NO4S/c1-8(7-20-3)6-16-13(17)10-4-11(14)9(2)12(5-10)21(15,18)19/h4-5,8H,6-7H2,1-3H3,(H,16,17). The van der Waals surface area contributed by atoms with Crippen molar-refractivity contribution >= 4 is 37.2 Å². The summed E-state index contributed by atoms with van der Waals surface area (Å²) in [6.45, 7) is 4.36. The quantitative estimate of drug-likeness (QED) is 0.797. The van der Waals surface area contributed by atoms with Crippen LogP contribution in [0.5, 0.6) is 0 Å². The number of nitrogens with one attached hydrogen (secondary N) is 1. The summed E-state index contributed by atoms with van der Waals surface area (Å²) in [4.78, 5) is 11.9. The molecule has 0 spiro atoms. The molecule has 1 unspecified atom stereocenters. The predicted octanol–water partition coefficient (Wildman–Crippen LogP) is 2.59. The van der Waals surface area contributed by atoms with Gasteiger partial charge in [0.25, 0.3) is 15.0 Å². The van der Waals surface area contributed by atoms with E-state index in [0.717, 1.165) is 0 Å². The largest absolute Gasteiger partial charge is 0.384 e. The molecule has 0 aliphatic carbocycles. The lowest BCUT2D eigenvalue weighted by atomic mass is 10.1. The van der Waals surface area contributed by atoms with E-state index in [1.165, 1.54) is 19.1 Å². The summed E-state index contributed by atoms with van der Waals surface area (Å²) in [5.41, 5.74) is 0.463. The zero-order chi connectivity index (χ0) is 16.2. The Morgan fingerprint density at radius 2 is 2.05 bits per heavy atom. The highest BCUT2D eigenvalue weighted by atomic mass is 35.7. The molecule has 21 heavy (non-hydrogen) atoms. The van der Waals surface area contributed by atoms with E-state index in [-0.39, 0.29) is 21.4 Å². The highest BCUT2D eigenvalue weighted by Crippen LogP contribution is 2.27. The predicted molar refractivity (Wildman–Crippen MR) is 82.6 cm³/mol. The van der Waals surface area contributed by atoms with Crippen molar-refractivity contribution in [3.05, 3.63) is 28.3 Å². The van der Waals surface area contributed by atoms with Gasteiger partial charge in [-0.3, -0.25) is 4.79 Å². The molecule has 8 heteroatoms. The van der Waals surface area contributed by atoms with Crippen LogP contribution in [0.15, 0.2) is 17.0 Å². The third-order valence-corrected chi connectivity index (χ3v) is 4.72. The van der Waals surface area contributed by atoms with Crippen molar-refractivity contribution in [3.63, 3.8) is 0 Å². The van der Waals surface area contributed by atoms with Crippen LogP contribution in [0.1, 0.15) is 22.8 Å². The molecule has 1 rings (SSSR count). The van der Waals surface area contributed by atoms with Gasteiger partial charge >= 0.3 is 0 Å². The SMILES string of the molecule is COCC(C)CNC(=O)c1cc(Cl)c(C)c(S(=O)(=O)Cl)c1. The molecular formula is C13H17Cl2NO4S. The number of ether oxygens (including phenoxy) is 1. The van der Waals surface area contributed by atoms with E-state index in [1.54, 1.807) is 7.11 Å². The van der Waals surface area contributed by atoms with Gasteiger partial charge in [-0.2, -0.15) is 0 Å². The summed E-state index contributed by atoms with van der Waals surface area (Å²) in [5, 5.41) is 2.87. The molecule has 1 N–H and O–H groups in total.